The minimum absolute atomic E-state index is 0.0810. The van der Waals surface area contributed by atoms with Crippen molar-refractivity contribution in [1.82, 2.24) is 10.0 Å². The molecule has 0 radical (unpaired) electrons. The van der Waals surface area contributed by atoms with E-state index in [1.807, 2.05) is 37.2 Å². The molecule has 0 bridgehead atoms. The predicted molar refractivity (Wildman–Crippen MR) is 54.7 cm³/mol. The summed E-state index contributed by atoms with van der Waals surface area (Å²) in [4.78, 5) is 11.9. The lowest BCUT2D eigenvalue weighted by molar-refractivity contribution is 0.0103. The van der Waals surface area contributed by atoms with Crippen LogP contribution in [0.1, 0.15) is 21.5 Å². The number of benzene rings is 1. The Morgan fingerprint density at radius 3 is 2.71 bits per heavy atom. The zero-order valence-electron chi connectivity index (χ0n) is 8.74. The van der Waals surface area contributed by atoms with Gasteiger partial charge in [0.1, 0.15) is 0 Å². The smallest absolute Gasteiger partial charge is 0.268 e. The predicted octanol–water partition coefficient (Wildman–Crippen LogP) is 1.43. The molecule has 1 aliphatic rings. The van der Waals surface area contributed by atoms with Gasteiger partial charge in [0.25, 0.3) is 5.91 Å². The van der Waals surface area contributed by atoms with Crippen LogP contribution in [-0.2, 0) is 6.54 Å². The van der Waals surface area contributed by atoms with Crippen molar-refractivity contribution in [2.45, 2.75) is 13.5 Å². The molecule has 0 spiro atoms. The quantitative estimate of drug-likeness (QED) is 0.618. The first-order valence-electron chi connectivity index (χ1n) is 4.68. The van der Waals surface area contributed by atoms with E-state index >= 15 is 0 Å². The van der Waals surface area contributed by atoms with Gasteiger partial charge in [0.05, 0.1) is 0 Å². The molecule has 74 valence electrons. The first kappa shape index (κ1) is 9.21. The van der Waals surface area contributed by atoms with Crippen LogP contribution in [-0.4, -0.2) is 30.0 Å². The fourth-order valence-corrected chi connectivity index (χ4v) is 1.71. The largest absolute Gasteiger partial charge is 0.274 e. The van der Waals surface area contributed by atoms with Crippen LogP contribution in [0.2, 0.25) is 0 Å². The SMILES string of the molecule is Cc1ccc2c(c1)C(=O)N(C)N(C)C2. The third-order valence-corrected chi connectivity index (χ3v) is 2.70. The van der Waals surface area contributed by atoms with E-state index < -0.39 is 0 Å². The fourth-order valence-electron chi connectivity index (χ4n) is 1.71. The standard InChI is InChI=1S/C11H14N2O/c1-8-4-5-9-7-12(2)13(3)11(14)10(9)6-8/h4-6H,7H2,1-3H3. The third kappa shape index (κ3) is 1.30. The minimum Gasteiger partial charge on any atom is -0.274 e. The lowest BCUT2D eigenvalue weighted by atomic mass is 10.0. The van der Waals surface area contributed by atoms with Crippen molar-refractivity contribution in [2.75, 3.05) is 14.1 Å². The van der Waals surface area contributed by atoms with Gasteiger partial charge < -0.3 is 0 Å². The molecule has 1 aliphatic heterocycles. The maximum atomic E-state index is 11.9. The Morgan fingerprint density at radius 1 is 1.29 bits per heavy atom. The minimum atomic E-state index is 0.0810. The molecule has 1 aromatic carbocycles. The lowest BCUT2D eigenvalue weighted by Gasteiger charge is -2.34. The van der Waals surface area contributed by atoms with Crippen LogP contribution in [0.25, 0.3) is 0 Å². The van der Waals surface area contributed by atoms with Crippen LogP contribution in [0.4, 0.5) is 0 Å². The van der Waals surface area contributed by atoms with Gasteiger partial charge in [0, 0.05) is 26.2 Å². The Balaban J connectivity index is 2.51. The van der Waals surface area contributed by atoms with E-state index in [0.717, 1.165) is 23.2 Å². The Labute approximate surface area is 83.9 Å². The second-order valence-corrected chi connectivity index (χ2v) is 3.81. The summed E-state index contributed by atoms with van der Waals surface area (Å²) in [5, 5.41) is 3.57. The highest BCUT2D eigenvalue weighted by atomic mass is 16.2. The summed E-state index contributed by atoms with van der Waals surface area (Å²) < 4.78 is 0. The van der Waals surface area contributed by atoms with Gasteiger partial charge in [0.15, 0.2) is 0 Å². The van der Waals surface area contributed by atoms with Crippen LogP contribution in [0.3, 0.4) is 0 Å². The number of hydrogen-bond donors (Lipinski definition) is 0. The average Bonchev–Trinajstić information content (AvgIpc) is 2.16. The van der Waals surface area contributed by atoms with Crippen LogP contribution in [0, 0.1) is 6.92 Å². The monoisotopic (exact) mass is 190 g/mol. The van der Waals surface area contributed by atoms with Gasteiger partial charge in [-0.2, -0.15) is 0 Å². The van der Waals surface area contributed by atoms with Gasteiger partial charge in [-0.25, -0.2) is 5.01 Å². The molecule has 0 saturated heterocycles. The summed E-state index contributed by atoms with van der Waals surface area (Å²) in [6.45, 7) is 2.81. The summed E-state index contributed by atoms with van der Waals surface area (Å²) >= 11 is 0. The molecule has 0 aromatic heterocycles. The van der Waals surface area contributed by atoms with Crippen molar-refractivity contribution >= 4 is 5.91 Å². The highest BCUT2D eigenvalue weighted by Crippen LogP contribution is 2.20. The van der Waals surface area contributed by atoms with Crippen molar-refractivity contribution in [3.05, 3.63) is 34.9 Å². The molecule has 0 unspecified atom stereocenters. The number of nitrogens with zero attached hydrogens (tertiary/aromatic N) is 2. The van der Waals surface area contributed by atoms with Crippen molar-refractivity contribution in [2.24, 2.45) is 0 Å². The van der Waals surface area contributed by atoms with Crippen molar-refractivity contribution in [3.63, 3.8) is 0 Å². The maximum absolute atomic E-state index is 11.9. The zero-order valence-corrected chi connectivity index (χ0v) is 8.74. The highest BCUT2D eigenvalue weighted by Gasteiger charge is 2.24. The van der Waals surface area contributed by atoms with Crippen LogP contribution in [0.5, 0.6) is 0 Å². The molecule has 0 atom stereocenters. The molecule has 2 rings (SSSR count). The second kappa shape index (κ2) is 3.10. The number of carbonyl (C=O) groups excluding carboxylic acids is 1. The molecule has 0 N–H and O–H groups in total. The summed E-state index contributed by atoms with van der Waals surface area (Å²) in [6.07, 6.45) is 0. The zero-order chi connectivity index (χ0) is 10.3. The number of amides is 1. The molecule has 3 nitrogen and oxygen atoms in total. The number of carbonyl (C=O) groups is 1. The number of hydrogen-bond acceptors (Lipinski definition) is 2. The summed E-state index contributed by atoms with van der Waals surface area (Å²) in [5.74, 6) is 0.0810. The Hall–Kier alpha value is -1.35. The van der Waals surface area contributed by atoms with E-state index in [4.69, 9.17) is 0 Å². The van der Waals surface area contributed by atoms with Gasteiger partial charge >= 0.3 is 0 Å². The second-order valence-electron chi connectivity index (χ2n) is 3.81. The normalized spacial score (nSPS) is 17.1. The molecule has 0 saturated carbocycles. The molecule has 1 amide bonds. The number of rotatable bonds is 0. The Kier molecular flexibility index (Phi) is 2.04. The van der Waals surface area contributed by atoms with Crippen molar-refractivity contribution in [3.8, 4) is 0 Å². The van der Waals surface area contributed by atoms with Crippen molar-refractivity contribution in [1.29, 1.82) is 0 Å². The number of aryl methyl sites for hydroxylation is 1. The van der Waals surface area contributed by atoms with Gasteiger partial charge in [-0.1, -0.05) is 17.7 Å². The molecule has 0 aliphatic carbocycles. The number of fused-ring (bicyclic) bond motifs is 1. The lowest BCUT2D eigenvalue weighted by Crippen LogP contribution is -2.44. The van der Waals surface area contributed by atoms with E-state index in [0.29, 0.717) is 0 Å². The van der Waals surface area contributed by atoms with E-state index in [1.54, 1.807) is 12.1 Å². The van der Waals surface area contributed by atoms with Gasteiger partial charge in [-0.15, -0.1) is 0 Å². The van der Waals surface area contributed by atoms with Crippen LogP contribution in [0.15, 0.2) is 18.2 Å². The summed E-state index contributed by atoms with van der Waals surface area (Å²) in [6, 6.07) is 6.04. The summed E-state index contributed by atoms with van der Waals surface area (Å²) in [5.41, 5.74) is 3.09. The van der Waals surface area contributed by atoms with Crippen molar-refractivity contribution < 1.29 is 4.79 Å². The van der Waals surface area contributed by atoms with Gasteiger partial charge in [-0.3, -0.25) is 9.80 Å². The molecule has 1 heterocycles. The average molecular weight is 190 g/mol. The van der Waals surface area contributed by atoms with Gasteiger partial charge in [0.2, 0.25) is 0 Å². The molecule has 3 heteroatoms. The van der Waals surface area contributed by atoms with E-state index in [-0.39, 0.29) is 5.91 Å². The molecular weight excluding hydrogens is 176 g/mol. The highest BCUT2D eigenvalue weighted by molar-refractivity contribution is 5.96. The van der Waals surface area contributed by atoms with E-state index in [2.05, 4.69) is 0 Å². The van der Waals surface area contributed by atoms with Crippen LogP contribution >= 0.6 is 0 Å². The molecule has 1 aromatic rings. The molecular formula is C11H14N2O. The van der Waals surface area contributed by atoms with E-state index in [9.17, 15) is 4.79 Å². The molecule has 0 fully saturated rings. The number of hydrazine groups is 1. The van der Waals surface area contributed by atoms with Gasteiger partial charge in [-0.05, 0) is 18.6 Å². The third-order valence-electron chi connectivity index (χ3n) is 2.70. The van der Waals surface area contributed by atoms with E-state index in [1.165, 1.54) is 0 Å². The maximum Gasteiger partial charge on any atom is 0.268 e. The summed E-state index contributed by atoms with van der Waals surface area (Å²) in [7, 11) is 3.72. The first-order valence-corrected chi connectivity index (χ1v) is 4.68. The Morgan fingerprint density at radius 2 is 2.00 bits per heavy atom. The molecule has 14 heavy (non-hydrogen) atoms. The fraction of sp³-hybridized carbons (Fsp3) is 0.364. The van der Waals surface area contributed by atoms with Crippen LogP contribution < -0.4 is 0 Å². The first-order chi connectivity index (χ1) is 6.59. The Bertz CT molecular complexity index is 387. The topological polar surface area (TPSA) is 23.6 Å².